The molecular formula is C16H16N2. The lowest BCUT2D eigenvalue weighted by Gasteiger charge is -2.25. The van der Waals surface area contributed by atoms with E-state index in [0.717, 1.165) is 13.0 Å². The molecule has 1 atom stereocenters. The summed E-state index contributed by atoms with van der Waals surface area (Å²) in [5.41, 5.74) is 3.47. The summed E-state index contributed by atoms with van der Waals surface area (Å²) >= 11 is 0. The van der Waals surface area contributed by atoms with Gasteiger partial charge >= 0.3 is 0 Å². The second-order valence-electron chi connectivity index (χ2n) is 4.81. The monoisotopic (exact) mass is 236 g/mol. The van der Waals surface area contributed by atoms with Gasteiger partial charge in [-0.2, -0.15) is 10.2 Å². The van der Waals surface area contributed by atoms with Crippen molar-refractivity contribution >= 4 is 0 Å². The van der Waals surface area contributed by atoms with Crippen LogP contribution < -0.4 is 0 Å². The Morgan fingerprint density at radius 2 is 1.56 bits per heavy atom. The predicted molar refractivity (Wildman–Crippen MR) is 72.7 cm³/mol. The fourth-order valence-electron chi connectivity index (χ4n) is 2.55. The zero-order chi connectivity index (χ0) is 12.4. The molecule has 0 spiro atoms. The van der Waals surface area contributed by atoms with Gasteiger partial charge in [0, 0.05) is 6.42 Å². The van der Waals surface area contributed by atoms with E-state index in [4.69, 9.17) is 0 Å². The highest BCUT2D eigenvalue weighted by Gasteiger charge is 2.36. The number of aryl methyl sites for hydroxylation is 1. The summed E-state index contributed by atoms with van der Waals surface area (Å²) in [6.07, 6.45) is 0.958. The van der Waals surface area contributed by atoms with Crippen molar-refractivity contribution in [3.05, 3.63) is 71.3 Å². The van der Waals surface area contributed by atoms with Crippen molar-refractivity contribution in [3.8, 4) is 0 Å². The summed E-state index contributed by atoms with van der Waals surface area (Å²) in [6.45, 7) is 2.91. The van der Waals surface area contributed by atoms with Crippen molar-refractivity contribution in [1.29, 1.82) is 0 Å². The highest BCUT2D eigenvalue weighted by molar-refractivity contribution is 5.40. The summed E-state index contributed by atoms with van der Waals surface area (Å²) in [6, 6.07) is 19.1. The van der Waals surface area contributed by atoms with Crippen LogP contribution in [0.15, 0.2) is 64.8 Å². The second kappa shape index (κ2) is 4.37. The third kappa shape index (κ3) is 1.74. The molecule has 0 saturated carbocycles. The molecule has 0 aliphatic carbocycles. The maximum Gasteiger partial charge on any atom is 0.133 e. The van der Waals surface area contributed by atoms with Gasteiger partial charge in [0.25, 0.3) is 0 Å². The van der Waals surface area contributed by atoms with E-state index < -0.39 is 0 Å². The Bertz CT molecular complexity index is 557. The zero-order valence-electron chi connectivity index (χ0n) is 10.5. The Balaban J connectivity index is 2.13. The van der Waals surface area contributed by atoms with E-state index in [1.165, 1.54) is 16.7 Å². The Labute approximate surface area is 107 Å². The first-order valence-corrected chi connectivity index (χ1v) is 6.33. The van der Waals surface area contributed by atoms with Gasteiger partial charge in [-0.1, -0.05) is 60.2 Å². The number of benzene rings is 2. The van der Waals surface area contributed by atoms with E-state index >= 15 is 0 Å². The molecule has 2 nitrogen and oxygen atoms in total. The van der Waals surface area contributed by atoms with Gasteiger partial charge in [-0.25, -0.2) is 0 Å². The Morgan fingerprint density at radius 1 is 0.889 bits per heavy atom. The molecule has 2 aromatic rings. The number of hydrogen-bond donors (Lipinski definition) is 0. The highest BCUT2D eigenvalue weighted by atomic mass is 15.2. The van der Waals surface area contributed by atoms with E-state index in [9.17, 15) is 0 Å². The summed E-state index contributed by atoms with van der Waals surface area (Å²) in [4.78, 5) is 0. The van der Waals surface area contributed by atoms with Crippen molar-refractivity contribution in [1.82, 2.24) is 0 Å². The summed E-state index contributed by atoms with van der Waals surface area (Å²) < 4.78 is 0. The molecule has 1 aliphatic rings. The molecule has 3 rings (SSSR count). The SMILES string of the molecule is Cc1ccc(C2(c3ccccc3)CCN=N2)cc1. The van der Waals surface area contributed by atoms with Gasteiger partial charge < -0.3 is 0 Å². The normalized spacial score (nSPS) is 22.3. The van der Waals surface area contributed by atoms with Gasteiger partial charge in [0.1, 0.15) is 5.54 Å². The van der Waals surface area contributed by atoms with E-state index in [-0.39, 0.29) is 5.54 Å². The maximum absolute atomic E-state index is 4.56. The summed E-state index contributed by atoms with van der Waals surface area (Å²) in [5.74, 6) is 0. The lowest BCUT2D eigenvalue weighted by Crippen LogP contribution is -2.22. The van der Waals surface area contributed by atoms with Crippen molar-refractivity contribution in [2.45, 2.75) is 18.9 Å². The molecule has 0 aromatic heterocycles. The average molecular weight is 236 g/mol. The molecule has 1 aliphatic heterocycles. The molecule has 0 fully saturated rings. The minimum Gasteiger partial charge on any atom is -0.193 e. The molecular weight excluding hydrogens is 220 g/mol. The fraction of sp³-hybridized carbons (Fsp3) is 0.250. The molecule has 1 unspecified atom stereocenters. The molecule has 0 saturated heterocycles. The largest absolute Gasteiger partial charge is 0.193 e. The van der Waals surface area contributed by atoms with Crippen LogP contribution in [-0.4, -0.2) is 6.54 Å². The van der Waals surface area contributed by atoms with Crippen molar-refractivity contribution < 1.29 is 0 Å². The molecule has 0 N–H and O–H groups in total. The number of rotatable bonds is 2. The topological polar surface area (TPSA) is 24.7 Å². The first-order chi connectivity index (χ1) is 8.81. The third-order valence-electron chi connectivity index (χ3n) is 3.60. The van der Waals surface area contributed by atoms with Gasteiger partial charge in [0.15, 0.2) is 0 Å². The summed E-state index contributed by atoms with van der Waals surface area (Å²) in [5, 5.41) is 8.80. The maximum atomic E-state index is 4.56. The molecule has 90 valence electrons. The molecule has 0 amide bonds. The summed E-state index contributed by atoms with van der Waals surface area (Å²) in [7, 11) is 0. The molecule has 1 heterocycles. The molecule has 2 heteroatoms. The van der Waals surface area contributed by atoms with Crippen LogP contribution in [0.3, 0.4) is 0 Å². The number of azo groups is 1. The van der Waals surface area contributed by atoms with E-state index in [1.807, 2.05) is 6.07 Å². The van der Waals surface area contributed by atoms with E-state index in [2.05, 4.69) is 65.7 Å². The van der Waals surface area contributed by atoms with Crippen molar-refractivity contribution in [2.24, 2.45) is 10.2 Å². The minimum atomic E-state index is -0.269. The van der Waals surface area contributed by atoms with Crippen LogP contribution in [0.1, 0.15) is 23.1 Å². The Morgan fingerprint density at radius 3 is 2.17 bits per heavy atom. The quantitative estimate of drug-likeness (QED) is 0.750. The molecule has 2 aromatic carbocycles. The second-order valence-corrected chi connectivity index (χ2v) is 4.81. The molecule has 18 heavy (non-hydrogen) atoms. The molecule has 0 bridgehead atoms. The number of hydrogen-bond acceptors (Lipinski definition) is 2. The van der Waals surface area contributed by atoms with Crippen LogP contribution >= 0.6 is 0 Å². The van der Waals surface area contributed by atoms with Crippen LogP contribution in [-0.2, 0) is 5.54 Å². The van der Waals surface area contributed by atoms with E-state index in [0.29, 0.717) is 0 Å². The smallest absolute Gasteiger partial charge is 0.133 e. The lowest BCUT2D eigenvalue weighted by atomic mass is 9.81. The zero-order valence-corrected chi connectivity index (χ0v) is 10.5. The van der Waals surface area contributed by atoms with Gasteiger partial charge in [-0.15, -0.1) is 0 Å². The van der Waals surface area contributed by atoms with Gasteiger partial charge in [-0.05, 0) is 18.1 Å². The number of nitrogens with zero attached hydrogens (tertiary/aromatic N) is 2. The van der Waals surface area contributed by atoms with Crippen LogP contribution in [0, 0.1) is 6.92 Å². The Kier molecular flexibility index (Phi) is 2.71. The van der Waals surface area contributed by atoms with E-state index in [1.54, 1.807) is 0 Å². The Hall–Kier alpha value is -1.96. The average Bonchev–Trinajstić information content (AvgIpc) is 2.91. The van der Waals surface area contributed by atoms with Crippen LogP contribution in [0.4, 0.5) is 0 Å². The van der Waals surface area contributed by atoms with Crippen LogP contribution in [0.25, 0.3) is 0 Å². The standard InChI is InChI=1S/C16H16N2/c1-13-7-9-15(10-8-13)16(11-12-17-18-16)14-5-3-2-4-6-14/h2-10H,11-12H2,1H3. The highest BCUT2D eigenvalue weighted by Crippen LogP contribution is 2.40. The fourth-order valence-corrected chi connectivity index (χ4v) is 2.55. The molecule has 0 radical (unpaired) electrons. The van der Waals surface area contributed by atoms with Crippen molar-refractivity contribution in [2.75, 3.05) is 6.54 Å². The predicted octanol–water partition coefficient (Wildman–Crippen LogP) is 4.09. The van der Waals surface area contributed by atoms with Gasteiger partial charge in [0.05, 0.1) is 6.54 Å². The van der Waals surface area contributed by atoms with Crippen LogP contribution in [0.2, 0.25) is 0 Å². The minimum absolute atomic E-state index is 0.269. The van der Waals surface area contributed by atoms with Crippen molar-refractivity contribution in [3.63, 3.8) is 0 Å². The first kappa shape index (κ1) is 11.1. The van der Waals surface area contributed by atoms with Gasteiger partial charge in [0.2, 0.25) is 0 Å². The first-order valence-electron chi connectivity index (χ1n) is 6.33. The van der Waals surface area contributed by atoms with Gasteiger partial charge in [-0.3, -0.25) is 0 Å². The van der Waals surface area contributed by atoms with Crippen LogP contribution in [0.5, 0.6) is 0 Å². The lowest BCUT2D eigenvalue weighted by molar-refractivity contribution is 0.550. The third-order valence-corrected chi connectivity index (χ3v) is 3.60.